The first-order chi connectivity index (χ1) is 16.4. The Morgan fingerprint density at radius 2 is 1.94 bits per heavy atom. The molecule has 8 heteroatoms. The van der Waals surface area contributed by atoms with Gasteiger partial charge >= 0.3 is 0 Å². The summed E-state index contributed by atoms with van der Waals surface area (Å²) in [4.78, 5) is 27.9. The lowest BCUT2D eigenvalue weighted by Gasteiger charge is -2.31. The quantitative estimate of drug-likeness (QED) is 0.456. The van der Waals surface area contributed by atoms with Crippen molar-refractivity contribution in [2.75, 3.05) is 12.9 Å². The Balaban J connectivity index is 1.70. The first-order valence-electron chi connectivity index (χ1n) is 11.6. The van der Waals surface area contributed by atoms with Gasteiger partial charge in [0.05, 0.1) is 12.9 Å². The van der Waals surface area contributed by atoms with Gasteiger partial charge in [-0.05, 0) is 49.6 Å². The number of ether oxygens (including phenoxy) is 1. The lowest BCUT2D eigenvalue weighted by Crippen LogP contribution is -2.50. The number of nitrogens with one attached hydrogen (secondary N) is 1. The minimum Gasteiger partial charge on any atom is -0.497 e. The Hall–Kier alpha value is -2.25. The molecule has 0 spiro atoms. The number of carbonyl (C=O) groups excluding carboxylic acids is 2. The van der Waals surface area contributed by atoms with Gasteiger partial charge in [-0.2, -0.15) is 0 Å². The lowest BCUT2D eigenvalue weighted by molar-refractivity contribution is -0.139. The highest BCUT2D eigenvalue weighted by Gasteiger charge is 2.28. The van der Waals surface area contributed by atoms with E-state index in [1.54, 1.807) is 31.1 Å². The molecule has 5 nitrogen and oxygen atoms in total. The maximum atomic E-state index is 14.1. The van der Waals surface area contributed by atoms with Gasteiger partial charge in [0.25, 0.3) is 0 Å². The van der Waals surface area contributed by atoms with Gasteiger partial charge in [0, 0.05) is 28.9 Å². The molecule has 34 heavy (non-hydrogen) atoms. The Labute approximate surface area is 210 Å². The Morgan fingerprint density at radius 3 is 2.65 bits per heavy atom. The summed E-state index contributed by atoms with van der Waals surface area (Å²) >= 11 is 7.40. The summed E-state index contributed by atoms with van der Waals surface area (Å²) in [5.41, 5.74) is 1.25. The highest BCUT2D eigenvalue weighted by atomic mass is 35.5. The fourth-order valence-corrected chi connectivity index (χ4v) is 5.36. The Bertz CT molecular complexity index is 964. The van der Waals surface area contributed by atoms with E-state index in [1.165, 1.54) is 24.2 Å². The van der Waals surface area contributed by atoms with Gasteiger partial charge in [-0.1, -0.05) is 49.1 Å². The lowest BCUT2D eigenvalue weighted by atomic mass is 9.95. The van der Waals surface area contributed by atoms with Crippen LogP contribution in [-0.4, -0.2) is 41.7 Å². The standard InChI is InChI=1S/C26H32ClFN2O3S/c1-18(26(32)29-20-9-4-3-5-10-20)30(15-19-8-6-11-21(14-19)33-2)25(31)17-34-16-22-23(27)12-7-13-24(22)28/h6-8,11-14,18,20H,3-5,9-10,15-17H2,1-2H3,(H,29,32)/t18-/m1/s1. The second kappa shape index (κ2) is 13.0. The minimum absolute atomic E-state index is 0.107. The van der Waals surface area contributed by atoms with E-state index in [4.69, 9.17) is 16.3 Å². The molecule has 184 valence electrons. The van der Waals surface area contributed by atoms with Gasteiger partial charge in [-0.25, -0.2) is 4.39 Å². The monoisotopic (exact) mass is 506 g/mol. The van der Waals surface area contributed by atoms with Gasteiger partial charge in [-0.3, -0.25) is 9.59 Å². The summed E-state index contributed by atoms with van der Waals surface area (Å²) in [6, 6.07) is 11.5. The predicted molar refractivity (Wildman–Crippen MR) is 136 cm³/mol. The van der Waals surface area contributed by atoms with Crippen LogP contribution in [-0.2, 0) is 21.9 Å². The number of amides is 2. The molecule has 1 aliphatic carbocycles. The van der Waals surface area contributed by atoms with Crippen LogP contribution in [0.5, 0.6) is 5.75 Å². The largest absolute Gasteiger partial charge is 0.497 e. The second-order valence-corrected chi connectivity index (χ2v) is 9.98. The summed E-state index contributed by atoms with van der Waals surface area (Å²) in [5.74, 6) is 0.341. The van der Waals surface area contributed by atoms with Crippen molar-refractivity contribution in [3.63, 3.8) is 0 Å². The molecule has 2 amide bonds. The SMILES string of the molecule is COc1cccc(CN(C(=O)CSCc2c(F)cccc2Cl)[C@H](C)C(=O)NC2CCCCC2)c1. The zero-order valence-electron chi connectivity index (χ0n) is 19.7. The van der Waals surface area contributed by atoms with Crippen molar-refractivity contribution in [1.82, 2.24) is 10.2 Å². The molecule has 0 heterocycles. The molecule has 0 saturated heterocycles. The van der Waals surface area contributed by atoms with Crippen LogP contribution in [0.1, 0.15) is 50.2 Å². The molecule has 0 radical (unpaired) electrons. The molecule has 3 rings (SSSR count). The van der Waals surface area contributed by atoms with Crippen LogP contribution >= 0.6 is 23.4 Å². The van der Waals surface area contributed by atoms with Crippen molar-refractivity contribution in [1.29, 1.82) is 0 Å². The molecular weight excluding hydrogens is 475 g/mol. The smallest absolute Gasteiger partial charge is 0.242 e. The van der Waals surface area contributed by atoms with Crippen molar-refractivity contribution in [2.45, 2.75) is 63.4 Å². The maximum Gasteiger partial charge on any atom is 0.242 e. The van der Waals surface area contributed by atoms with Crippen LogP contribution in [0.3, 0.4) is 0 Å². The molecule has 1 saturated carbocycles. The van der Waals surface area contributed by atoms with Crippen molar-refractivity contribution in [2.24, 2.45) is 0 Å². The van der Waals surface area contributed by atoms with Crippen LogP contribution in [0.25, 0.3) is 0 Å². The van der Waals surface area contributed by atoms with Gasteiger partial charge in [0.2, 0.25) is 11.8 Å². The fraction of sp³-hybridized carbons (Fsp3) is 0.462. The number of nitrogens with zero attached hydrogens (tertiary/aromatic N) is 1. The first kappa shape index (κ1) is 26.4. The van der Waals surface area contributed by atoms with Gasteiger partial charge in [-0.15, -0.1) is 11.8 Å². The highest BCUT2D eigenvalue weighted by Crippen LogP contribution is 2.25. The number of benzene rings is 2. The van der Waals surface area contributed by atoms with Gasteiger partial charge in [0.1, 0.15) is 17.6 Å². The zero-order chi connectivity index (χ0) is 24.5. The molecule has 0 aromatic heterocycles. The maximum absolute atomic E-state index is 14.1. The number of rotatable bonds is 10. The summed E-state index contributed by atoms with van der Waals surface area (Å²) in [6.45, 7) is 2.03. The average Bonchev–Trinajstić information content (AvgIpc) is 2.84. The number of halogens is 2. The van der Waals surface area contributed by atoms with Crippen LogP contribution < -0.4 is 10.1 Å². The Kier molecular flexibility index (Phi) is 10.1. The van der Waals surface area contributed by atoms with Gasteiger partial charge in [0.15, 0.2) is 0 Å². The van der Waals surface area contributed by atoms with Crippen LogP contribution in [0.2, 0.25) is 5.02 Å². The zero-order valence-corrected chi connectivity index (χ0v) is 21.3. The summed E-state index contributed by atoms with van der Waals surface area (Å²) < 4.78 is 19.4. The molecule has 0 aliphatic heterocycles. The van der Waals surface area contributed by atoms with E-state index in [-0.39, 0.29) is 41.7 Å². The molecule has 2 aromatic carbocycles. The van der Waals surface area contributed by atoms with Crippen LogP contribution in [0, 0.1) is 5.82 Å². The highest BCUT2D eigenvalue weighted by molar-refractivity contribution is 7.99. The molecule has 0 unspecified atom stereocenters. The summed E-state index contributed by atoms with van der Waals surface area (Å²) in [6.07, 6.45) is 5.37. The average molecular weight is 507 g/mol. The van der Waals surface area contributed by atoms with Gasteiger partial charge < -0.3 is 15.0 Å². The normalized spacial score (nSPS) is 14.9. The van der Waals surface area contributed by atoms with Crippen molar-refractivity contribution < 1.29 is 18.7 Å². The number of hydrogen-bond acceptors (Lipinski definition) is 4. The van der Waals surface area contributed by atoms with E-state index in [1.807, 2.05) is 24.3 Å². The molecule has 1 atom stereocenters. The summed E-state index contributed by atoms with van der Waals surface area (Å²) in [7, 11) is 1.59. The van der Waals surface area contributed by atoms with E-state index < -0.39 is 6.04 Å². The topological polar surface area (TPSA) is 58.6 Å². The number of hydrogen-bond donors (Lipinski definition) is 1. The van der Waals surface area contributed by atoms with E-state index in [9.17, 15) is 14.0 Å². The Morgan fingerprint density at radius 1 is 1.21 bits per heavy atom. The molecule has 2 aromatic rings. The van der Waals surface area contributed by atoms with E-state index in [2.05, 4.69) is 5.32 Å². The molecular formula is C26H32ClFN2O3S. The second-order valence-electron chi connectivity index (χ2n) is 8.59. The number of methoxy groups -OCH3 is 1. The molecule has 0 bridgehead atoms. The third kappa shape index (κ3) is 7.37. The fourth-order valence-electron chi connectivity index (χ4n) is 4.11. The molecule has 1 aliphatic rings. The molecule has 1 fully saturated rings. The van der Waals surface area contributed by atoms with Crippen LogP contribution in [0.15, 0.2) is 42.5 Å². The van der Waals surface area contributed by atoms with Crippen molar-refractivity contribution >= 4 is 35.2 Å². The predicted octanol–water partition coefficient (Wildman–Crippen LogP) is 5.59. The third-order valence-corrected chi connectivity index (χ3v) is 7.44. The van der Waals surface area contributed by atoms with E-state index in [0.29, 0.717) is 16.3 Å². The third-order valence-electron chi connectivity index (χ3n) is 6.14. The minimum atomic E-state index is -0.640. The summed E-state index contributed by atoms with van der Waals surface area (Å²) in [5, 5.41) is 3.47. The molecule has 1 N–H and O–H groups in total. The van der Waals surface area contributed by atoms with Crippen molar-refractivity contribution in [3.05, 3.63) is 64.4 Å². The number of thioether (sulfide) groups is 1. The first-order valence-corrected chi connectivity index (χ1v) is 13.2. The van der Waals surface area contributed by atoms with Crippen LogP contribution in [0.4, 0.5) is 4.39 Å². The van der Waals surface area contributed by atoms with E-state index in [0.717, 1.165) is 31.2 Å². The van der Waals surface area contributed by atoms with Crippen molar-refractivity contribution in [3.8, 4) is 5.75 Å². The van der Waals surface area contributed by atoms with E-state index >= 15 is 0 Å². The number of carbonyl (C=O) groups is 2.